The summed E-state index contributed by atoms with van der Waals surface area (Å²) in [7, 11) is 3.54. The topological polar surface area (TPSA) is 66.0 Å². The number of nitrogens with one attached hydrogen (secondary N) is 2. The van der Waals surface area contributed by atoms with Crippen molar-refractivity contribution in [2.45, 2.75) is 39.0 Å². The van der Waals surface area contributed by atoms with E-state index in [1.807, 2.05) is 19.2 Å². The number of guanidine groups is 1. The van der Waals surface area contributed by atoms with Crippen molar-refractivity contribution in [1.82, 2.24) is 15.5 Å². The number of rotatable bonds is 8. The number of carbonyl (C=O) groups is 1. The maximum Gasteiger partial charge on any atom is 0.220 e. The SMILES string of the molecule is CN=C(NCCCCOc1ccc(C)cc1)N1CCC(CC(=O)NC)CC1.I. The van der Waals surface area contributed by atoms with Crippen molar-refractivity contribution in [2.24, 2.45) is 10.9 Å². The number of amides is 1. The maximum atomic E-state index is 11.5. The first-order chi connectivity index (χ1) is 13.1. The summed E-state index contributed by atoms with van der Waals surface area (Å²) in [6.45, 7) is 5.61. The van der Waals surface area contributed by atoms with E-state index in [2.05, 4.69) is 39.6 Å². The molecule has 0 spiro atoms. The van der Waals surface area contributed by atoms with Crippen molar-refractivity contribution in [2.75, 3.05) is 40.3 Å². The van der Waals surface area contributed by atoms with Crippen molar-refractivity contribution in [3.8, 4) is 5.75 Å². The second-order valence-electron chi connectivity index (χ2n) is 7.15. The minimum Gasteiger partial charge on any atom is -0.494 e. The number of likely N-dealkylation sites (tertiary alicyclic amines) is 1. The number of halogens is 1. The molecule has 1 aliphatic heterocycles. The summed E-state index contributed by atoms with van der Waals surface area (Å²) in [5, 5.41) is 6.17. The first-order valence-corrected chi connectivity index (χ1v) is 9.98. The number of ether oxygens (including phenoxy) is 1. The summed E-state index contributed by atoms with van der Waals surface area (Å²) in [6.07, 6.45) is 4.76. The van der Waals surface area contributed by atoms with Gasteiger partial charge in [-0.25, -0.2) is 0 Å². The van der Waals surface area contributed by atoms with Gasteiger partial charge in [-0.3, -0.25) is 9.79 Å². The zero-order valence-electron chi connectivity index (χ0n) is 17.4. The number of hydrogen-bond acceptors (Lipinski definition) is 3. The van der Waals surface area contributed by atoms with Gasteiger partial charge in [0.1, 0.15) is 5.75 Å². The van der Waals surface area contributed by atoms with Crippen LogP contribution in [0.1, 0.15) is 37.7 Å². The average molecular weight is 502 g/mol. The number of nitrogens with zero attached hydrogens (tertiary/aromatic N) is 2. The lowest BCUT2D eigenvalue weighted by Crippen LogP contribution is -2.46. The number of piperidine rings is 1. The van der Waals surface area contributed by atoms with Crippen LogP contribution in [-0.4, -0.2) is 57.1 Å². The molecular formula is C21H35IN4O2. The van der Waals surface area contributed by atoms with Crippen LogP contribution in [0.2, 0.25) is 0 Å². The molecule has 7 heteroatoms. The fourth-order valence-corrected chi connectivity index (χ4v) is 3.30. The number of aryl methyl sites for hydroxylation is 1. The molecule has 0 bridgehead atoms. The van der Waals surface area contributed by atoms with Gasteiger partial charge in [0.05, 0.1) is 6.61 Å². The van der Waals surface area contributed by atoms with Crippen LogP contribution < -0.4 is 15.4 Å². The Morgan fingerprint density at radius 2 is 1.89 bits per heavy atom. The van der Waals surface area contributed by atoms with Crippen LogP contribution in [0.4, 0.5) is 0 Å². The molecule has 28 heavy (non-hydrogen) atoms. The van der Waals surface area contributed by atoms with E-state index < -0.39 is 0 Å². The quantitative estimate of drug-likeness (QED) is 0.248. The van der Waals surface area contributed by atoms with Crippen molar-refractivity contribution in [3.63, 3.8) is 0 Å². The highest BCUT2D eigenvalue weighted by Crippen LogP contribution is 2.20. The minimum absolute atomic E-state index is 0. The largest absolute Gasteiger partial charge is 0.494 e. The molecule has 1 fully saturated rings. The Balaban J connectivity index is 0.00000392. The number of unbranched alkanes of at least 4 members (excludes halogenated alkanes) is 1. The average Bonchev–Trinajstić information content (AvgIpc) is 2.69. The molecule has 1 heterocycles. The Morgan fingerprint density at radius 1 is 1.21 bits per heavy atom. The zero-order valence-corrected chi connectivity index (χ0v) is 19.7. The molecule has 1 saturated heterocycles. The molecule has 0 atom stereocenters. The van der Waals surface area contributed by atoms with E-state index >= 15 is 0 Å². The lowest BCUT2D eigenvalue weighted by atomic mass is 9.93. The number of aliphatic imine (C=N–C) groups is 1. The second kappa shape index (κ2) is 13.6. The lowest BCUT2D eigenvalue weighted by molar-refractivity contribution is -0.121. The van der Waals surface area contributed by atoms with Crippen LogP contribution in [0.25, 0.3) is 0 Å². The van der Waals surface area contributed by atoms with E-state index in [1.165, 1.54) is 5.56 Å². The van der Waals surface area contributed by atoms with E-state index in [4.69, 9.17) is 4.74 Å². The third-order valence-corrected chi connectivity index (χ3v) is 5.02. The highest BCUT2D eigenvalue weighted by molar-refractivity contribution is 14.0. The van der Waals surface area contributed by atoms with Crippen molar-refractivity contribution < 1.29 is 9.53 Å². The zero-order chi connectivity index (χ0) is 19.5. The number of hydrogen-bond donors (Lipinski definition) is 2. The predicted octanol–water partition coefficient (Wildman–Crippen LogP) is 3.20. The molecule has 1 amide bonds. The molecule has 1 aromatic rings. The van der Waals surface area contributed by atoms with Gasteiger partial charge in [0, 0.05) is 40.2 Å². The van der Waals surface area contributed by atoms with Crippen molar-refractivity contribution in [3.05, 3.63) is 29.8 Å². The summed E-state index contributed by atoms with van der Waals surface area (Å²) in [5.74, 6) is 2.53. The molecule has 0 unspecified atom stereocenters. The van der Waals surface area contributed by atoms with Crippen LogP contribution in [-0.2, 0) is 4.79 Å². The Labute approximate surface area is 186 Å². The van der Waals surface area contributed by atoms with E-state index in [0.717, 1.165) is 63.6 Å². The van der Waals surface area contributed by atoms with Gasteiger partial charge in [-0.2, -0.15) is 0 Å². The molecule has 0 aromatic heterocycles. The van der Waals surface area contributed by atoms with Crippen LogP contribution in [0.15, 0.2) is 29.3 Å². The molecule has 6 nitrogen and oxygen atoms in total. The van der Waals surface area contributed by atoms with Crippen molar-refractivity contribution in [1.29, 1.82) is 0 Å². The second-order valence-corrected chi connectivity index (χ2v) is 7.15. The van der Waals surface area contributed by atoms with Gasteiger partial charge in [-0.1, -0.05) is 17.7 Å². The Morgan fingerprint density at radius 3 is 2.50 bits per heavy atom. The molecule has 1 aliphatic rings. The Hall–Kier alpha value is -1.51. The van der Waals surface area contributed by atoms with Crippen LogP contribution in [0.5, 0.6) is 5.75 Å². The van der Waals surface area contributed by atoms with E-state index in [1.54, 1.807) is 7.05 Å². The lowest BCUT2D eigenvalue weighted by Gasteiger charge is -2.34. The predicted molar refractivity (Wildman–Crippen MR) is 126 cm³/mol. The molecule has 0 saturated carbocycles. The fraction of sp³-hybridized carbons (Fsp3) is 0.619. The molecule has 2 N–H and O–H groups in total. The standard InChI is InChI=1S/C21H34N4O2.HI/c1-17-6-8-19(9-7-17)27-15-5-4-12-24-21(23-3)25-13-10-18(11-14-25)16-20(26)22-2;/h6-9,18H,4-5,10-16H2,1-3H3,(H,22,26)(H,23,24);1H. The maximum absolute atomic E-state index is 11.5. The highest BCUT2D eigenvalue weighted by atomic mass is 127. The number of carbonyl (C=O) groups excluding carboxylic acids is 1. The summed E-state index contributed by atoms with van der Waals surface area (Å²) in [6, 6.07) is 8.17. The number of benzene rings is 1. The molecule has 158 valence electrons. The summed E-state index contributed by atoms with van der Waals surface area (Å²) in [5.41, 5.74) is 1.25. The van der Waals surface area contributed by atoms with Crippen LogP contribution >= 0.6 is 24.0 Å². The molecule has 0 radical (unpaired) electrons. The Kier molecular flexibility index (Phi) is 11.9. The third kappa shape index (κ3) is 8.67. The summed E-state index contributed by atoms with van der Waals surface area (Å²) in [4.78, 5) is 18.2. The first-order valence-electron chi connectivity index (χ1n) is 9.98. The fourth-order valence-electron chi connectivity index (χ4n) is 3.30. The summed E-state index contributed by atoms with van der Waals surface area (Å²) < 4.78 is 5.76. The minimum atomic E-state index is 0. The van der Waals surface area contributed by atoms with Gasteiger partial charge in [-0.05, 0) is 50.7 Å². The van der Waals surface area contributed by atoms with Gasteiger partial charge in [0.2, 0.25) is 5.91 Å². The molecular weight excluding hydrogens is 467 g/mol. The van der Waals surface area contributed by atoms with E-state index in [9.17, 15) is 4.79 Å². The monoisotopic (exact) mass is 502 g/mol. The smallest absolute Gasteiger partial charge is 0.220 e. The van der Waals surface area contributed by atoms with Gasteiger partial charge in [-0.15, -0.1) is 24.0 Å². The summed E-state index contributed by atoms with van der Waals surface area (Å²) >= 11 is 0. The molecule has 0 aliphatic carbocycles. The van der Waals surface area contributed by atoms with Gasteiger partial charge in [0.25, 0.3) is 0 Å². The molecule has 2 rings (SSSR count). The van der Waals surface area contributed by atoms with Crippen LogP contribution in [0.3, 0.4) is 0 Å². The van der Waals surface area contributed by atoms with Crippen molar-refractivity contribution >= 4 is 35.8 Å². The third-order valence-electron chi connectivity index (χ3n) is 5.02. The van der Waals surface area contributed by atoms with Crippen LogP contribution in [0, 0.1) is 12.8 Å². The van der Waals surface area contributed by atoms with Gasteiger partial charge in [0.15, 0.2) is 5.96 Å². The Bertz CT molecular complexity index is 599. The normalized spacial score (nSPS) is 15.0. The highest BCUT2D eigenvalue weighted by Gasteiger charge is 2.22. The van der Waals surface area contributed by atoms with Gasteiger partial charge >= 0.3 is 0 Å². The van der Waals surface area contributed by atoms with E-state index in [-0.39, 0.29) is 29.9 Å². The van der Waals surface area contributed by atoms with E-state index in [0.29, 0.717) is 12.3 Å². The molecule has 1 aromatic carbocycles. The van der Waals surface area contributed by atoms with Gasteiger partial charge < -0.3 is 20.3 Å². The first kappa shape index (κ1) is 24.5.